The van der Waals surface area contributed by atoms with Gasteiger partial charge in [-0.3, -0.25) is 4.90 Å². The standard InChI is InChI=1S/C35H38F5N5O5S/c1-43(2)34(13-10-23-6-5-7-25(16-23)35(38,39)40)21-44(15-12-31(34)46)26-17-28(36)33(29(37)18-26)51(47,48)45(32-11-14-41-22-42-32)20-24-8-9-27(49-3)19-30(24)50-4/h5-9,11,14,16-19,22,31,46H,10,12-13,15,20-21H2,1-4H3/t31-,34+/m0/s1. The third-order valence-corrected chi connectivity index (χ3v) is 11.1. The average Bonchev–Trinajstić information content (AvgIpc) is 3.09. The lowest BCUT2D eigenvalue weighted by Gasteiger charge is -2.51. The Kier molecular flexibility index (Phi) is 11.1. The number of likely N-dealkylation sites (N-methyl/N-ethyl adjacent to an activating group) is 1. The van der Waals surface area contributed by atoms with Crippen molar-refractivity contribution >= 4 is 21.5 Å². The second-order valence-electron chi connectivity index (χ2n) is 12.4. The van der Waals surface area contributed by atoms with E-state index >= 15 is 8.78 Å². The number of benzene rings is 3. The molecule has 16 heteroatoms. The maximum absolute atomic E-state index is 16.1. The zero-order valence-electron chi connectivity index (χ0n) is 28.4. The first kappa shape index (κ1) is 37.7. The van der Waals surface area contributed by atoms with Crippen LogP contribution in [0.1, 0.15) is 29.5 Å². The lowest BCUT2D eigenvalue weighted by atomic mass is 9.79. The van der Waals surface area contributed by atoms with Gasteiger partial charge in [-0.1, -0.05) is 18.2 Å². The number of aliphatic hydroxyl groups excluding tert-OH is 1. The number of ether oxygens (including phenoxy) is 2. The van der Waals surface area contributed by atoms with Gasteiger partial charge < -0.3 is 19.5 Å². The molecule has 0 unspecified atom stereocenters. The van der Waals surface area contributed by atoms with E-state index in [2.05, 4.69) is 9.97 Å². The number of anilines is 2. The van der Waals surface area contributed by atoms with Crippen molar-refractivity contribution in [3.05, 3.63) is 102 Å². The van der Waals surface area contributed by atoms with Gasteiger partial charge in [-0.05, 0) is 69.3 Å². The normalized spacial score (nSPS) is 18.2. The molecule has 274 valence electrons. The Hall–Kier alpha value is -4.54. The van der Waals surface area contributed by atoms with Crippen molar-refractivity contribution < 1.29 is 45.0 Å². The monoisotopic (exact) mass is 735 g/mol. The number of aliphatic hydroxyl groups is 1. The highest BCUT2D eigenvalue weighted by Crippen LogP contribution is 2.38. The summed E-state index contributed by atoms with van der Waals surface area (Å²) in [4.78, 5) is 10.1. The van der Waals surface area contributed by atoms with E-state index in [4.69, 9.17) is 9.47 Å². The maximum Gasteiger partial charge on any atom is 0.416 e. The predicted octanol–water partition coefficient (Wildman–Crippen LogP) is 5.69. The topological polar surface area (TPSA) is 108 Å². The van der Waals surface area contributed by atoms with Gasteiger partial charge in [-0.15, -0.1) is 0 Å². The third-order valence-electron chi connectivity index (χ3n) is 9.28. The largest absolute Gasteiger partial charge is 0.497 e. The van der Waals surface area contributed by atoms with E-state index in [0.29, 0.717) is 16.9 Å². The lowest BCUT2D eigenvalue weighted by Crippen LogP contribution is -2.64. The van der Waals surface area contributed by atoms with E-state index in [1.165, 1.54) is 32.5 Å². The molecule has 1 aliphatic heterocycles. The highest BCUT2D eigenvalue weighted by molar-refractivity contribution is 7.92. The minimum atomic E-state index is -4.94. The molecule has 10 nitrogen and oxygen atoms in total. The van der Waals surface area contributed by atoms with Gasteiger partial charge in [-0.2, -0.15) is 13.2 Å². The molecule has 0 radical (unpaired) electrons. The fourth-order valence-electron chi connectivity index (χ4n) is 6.40. The van der Waals surface area contributed by atoms with Gasteiger partial charge in [0.15, 0.2) is 4.90 Å². The van der Waals surface area contributed by atoms with Crippen LogP contribution in [0, 0.1) is 11.6 Å². The molecule has 2 atom stereocenters. The van der Waals surface area contributed by atoms with Crippen LogP contribution in [0.2, 0.25) is 0 Å². The molecular formula is C35H38F5N5O5S. The molecular weight excluding hydrogens is 697 g/mol. The van der Waals surface area contributed by atoms with Crippen LogP contribution in [-0.4, -0.2) is 81.4 Å². The maximum atomic E-state index is 16.1. The van der Waals surface area contributed by atoms with Crippen molar-refractivity contribution in [1.29, 1.82) is 0 Å². The Morgan fingerprint density at radius 1 is 1.02 bits per heavy atom. The molecule has 3 aromatic carbocycles. The summed E-state index contributed by atoms with van der Waals surface area (Å²) in [6.45, 7) is -0.181. The molecule has 0 bridgehead atoms. The number of aryl methyl sites for hydroxylation is 1. The number of alkyl halides is 3. The van der Waals surface area contributed by atoms with Crippen LogP contribution in [0.3, 0.4) is 0 Å². The number of rotatable bonds is 12. The quantitative estimate of drug-likeness (QED) is 0.184. The highest BCUT2D eigenvalue weighted by atomic mass is 32.2. The zero-order valence-corrected chi connectivity index (χ0v) is 29.2. The number of hydrogen-bond acceptors (Lipinski definition) is 9. The van der Waals surface area contributed by atoms with Crippen LogP contribution < -0.4 is 18.7 Å². The molecule has 4 aromatic rings. The van der Waals surface area contributed by atoms with Gasteiger partial charge >= 0.3 is 6.18 Å². The second kappa shape index (κ2) is 15.0. The van der Waals surface area contributed by atoms with Crippen molar-refractivity contribution in [3.8, 4) is 11.5 Å². The smallest absolute Gasteiger partial charge is 0.416 e. The molecule has 0 spiro atoms. The fourth-order valence-corrected chi connectivity index (χ4v) is 7.89. The van der Waals surface area contributed by atoms with Crippen molar-refractivity contribution in [2.24, 2.45) is 0 Å². The van der Waals surface area contributed by atoms with Gasteiger partial charge in [0.25, 0.3) is 10.0 Å². The van der Waals surface area contributed by atoms with E-state index in [0.717, 1.165) is 34.9 Å². The summed E-state index contributed by atoms with van der Waals surface area (Å²) < 4.78 is 112. The predicted molar refractivity (Wildman–Crippen MR) is 180 cm³/mol. The molecule has 2 heterocycles. The number of piperidine rings is 1. The van der Waals surface area contributed by atoms with E-state index in [-0.39, 0.29) is 49.6 Å². The SMILES string of the molecule is COc1ccc(CN(c2ccncn2)S(=O)(=O)c2c(F)cc(N3CC[C@H](O)[C@](CCc4cccc(C(F)(F)F)c4)(N(C)C)C3)cc2F)c(OC)c1. The van der Waals surface area contributed by atoms with Gasteiger partial charge in [0.05, 0.1) is 38.0 Å². The Morgan fingerprint density at radius 2 is 1.75 bits per heavy atom. The first-order valence-corrected chi connectivity index (χ1v) is 17.3. The van der Waals surface area contributed by atoms with Gasteiger partial charge in [-0.25, -0.2) is 31.5 Å². The molecule has 51 heavy (non-hydrogen) atoms. The summed E-state index contributed by atoms with van der Waals surface area (Å²) in [5.74, 6) is -2.14. The van der Waals surface area contributed by atoms with Crippen LogP contribution in [0.5, 0.6) is 11.5 Å². The molecule has 1 aromatic heterocycles. The number of sulfonamides is 1. The zero-order chi connectivity index (χ0) is 37.1. The number of nitrogens with zero attached hydrogens (tertiary/aromatic N) is 5. The summed E-state index contributed by atoms with van der Waals surface area (Å²) >= 11 is 0. The van der Waals surface area contributed by atoms with Gasteiger partial charge in [0, 0.05) is 42.7 Å². The van der Waals surface area contributed by atoms with Crippen LogP contribution in [-0.2, 0) is 29.2 Å². The lowest BCUT2D eigenvalue weighted by molar-refractivity contribution is -0.137. The minimum Gasteiger partial charge on any atom is -0.497 e. The minimum absolute atomic E-state index is 0.0338. The molecule has 1 aliphatic rings. The van der Waals surface area contributed by atoms with Crippen LogP contribution in [0.4, 0.5) is 33.5 Å². The fraction of sp³-hybridized carbons (Fsp3) is 0.371. The number of halogens is 5. The van der Waals surface area contributed by atoms with E-state index in [1.807, 2.05) is 0 Å². The van der Waals surface area contributed by atoms with Crippen molar-refractivity contribution in [1.82, 2.24) is 14.9 Å². The molecule has 0 saturated carbocycles. The summed E-state index contributed by atoms with van der Waals surface area (Å²) in [7, 11) is 1.33. The first-order chi connectivity index (χ1) is 24.1. The Morgan fingerprint density at radius 3 is 2.35 bits per heavy atom. The van der Waals surface area contributed by atoms with Gasteiger partial charge in [0.1, 0.15) is 35.3 Å². The molecule has 1 fully saturated rings. The molecule has 1 N–H and O–H groups in total. The summed E-state index contributed by atoms with van der Waals surface area (Å²) in [6, 6.07) is 12.8. The summed E-state index contributed by atoms with van der Waals surface area (Å²) in [6.07, 6.45) is -2.45. The number of methoxy groups -OCH3 is 2. The van der Waals surface area contributed by atoms with Crippen LogP contribution >= 0.6 is 0 Å². The van der Waals surface area contributed by atoms with Crippen LogP contribution in [0.15, 0.2) is 78.1 Å². The first-order valence-electron chi connectivity index (χ1n) is 15.9. The van der Waals surface area contributed by atoms with Gasteiger partial charge in [0.2, 0.25) is 0 Å². The summed E-state index contributed by atoms with van der Waals surface area (Å²) in [5.41, 5.74) is -0.998. The Bertz CT molecular complexity index is 1930. The summed E-state index contributed by atoms with van der Waals surface area (Å²) in [5, 5.41) is 11.2. The molecule has 0 amide bonds. The Balaban J connectivity index is 1.47. The van der Waals surface area contributed by atoms with E-state index in [1.54, 1.807) is 48.2 Å². The van der Waals surface area contributed by atoms with Crippen molar-refractivity contribution in [2.75, 3.05) is 50.6 Å². The van der Waals surface area contributed by atoms with E-state index < -0.39 is 56.5 Å². The molecule has 0 aliphatic carbocycles. The third kappa shape index (κ3) is 7.87. The van der Waals surface area contributed by atoms with Crippen molar-refractivity contribution in [2.45, 2.75) is 48.5 Å². The van der Waals surface area contributed by atoms with Crippen LogP contribution in [0.25, 0.3) is 0 Å². The van der Waals surface area contributed by atoms with E-state index in [9.17, 15) is 26.7 Å². The highest BCUT2D eigenvalue weighted by Gasteiger charge is 2.45. The molecule has 1 saturated heterocycles. The number of hydrogen-bond donors (Lipinski definition) is 1. The van der Waals surface area contributed by atoms with Crippen molar-refractivity contribution in [3.63, 3.8) is 0 Å². The Labute approximate surface area is 293 Å². The number of aromatic nitrogens is 2. The second-order valence-corrected chi connectivity index (χ2v) is 14.2. The molecule has 5 rings (SSSR count). The average molecular weight is 736 g/mol.